The van der Waals surface area contributed by atoms with Gasteiger partial charge in [0.15, 0.2) is 12.2 Å². The van der Waals surface area contributed by atoms with E-state index < -0.39 is 97.5 Å². The van der Waals surface area contributed by atoms with Crippen LogP contribution in [0.4, 0.5) is 0 Å². The van der Waals surface area contributed by atoms with Crippen molar-refractivity contribution in [1.29, 1.82) is 0 Å². The quantitative estimate of drug-likeness (QED) is 0.0169. The molecule has 0 fully saturated rings. The molecule has 0 radical (unpaired) electrons. The van der Waals surface area contributed by atoms with Crippen LogP contribution in [-0.2, 0) is 65.4 Å². The van der Waals surface area contributed by atoms with Gasteiger partial charge < -0.3 is 33.8 Å². The van der Waals surface area contributed by atoms with Crippen molar-refractivity contribution in [3.8, 4) is 0 Å². The summed E-state index contributed by atoms with van der Waals surface area (Å²) in [5, 5.41) is 10.7. The van der Waals surface area contributed by atoms with Gasteiger partial charge in [0.2, 0.25) is 0 Å². The van der Waals surface area contributed by atoms with Crippen molar-refractivity contribution in [1.82, 2.24) is 0 Å². The number of ether oxygens (including phenoxy) is 4. The van der Waals surface area contributed by atoms with Gasteiger partial charge in [-0.2, -0.15) is 0 Å². The first kappa shape index (κ1) is 101. The molecule has 0 rings (SSSR count). The van der Waals surface area contributed by atoms with Crippen LogP contribution in [-0.4, -0.2) is 96.7 Å². The van der Waals surface area contributed by atoms with Crippen molar-refractivity contribution in [3.63, 3.8) is 0 Å². The highest BCUT2D eigenvalue weighted by Crippen LogP contribution is 2.45. The summed E-state index contributed by atoms with van der Waals surface area (Å²) < 4.78 is 68.8. The predicted molar refractivity (Wildman–Crippen MR) is 423 cm³/mol. The summed E-state index contributed by atoms with van der Waals surface area (Å²) in [6.07, 6.45) is 66.0. The summed E-state index contributed by atoms with van der Waals surface area (Å²) in [5.41, 5.74) is 0. The van der Waals surface area contributed by atoms with Gasteiger partial charge in [0.05, 0.1) is 26.4 Å². The minimum absolute atomic E-state index is 0.101. The third kappa shape index (κ3) is 77.5. The molecule has 0 aromatic carbocycles. The fourth-order valence-electron chi connectivity index (χ4n) is 12.5. The van der Waals surface area contributed by atoms with Crippen LogP contribution in [0.1, 0.15) is 414 Å². The standard InChI is InChI=1S/C84H160O17P2/c1-8-9-10-11-12-13-14-15-20-24-30-37-44-51-58-65-81(86)94-71-79(100-83(88)67-60-53-46-38-31-25-22-19-17-16-18-21-23-28-34-41-48-55-62-75(2)3)73-98-102(90,91)96-69-78(85)70-97-103(92,93)99-74-80(72-95-82(87)66-59-52-45-40-33-36-43-50-57-64-77(6)7)101-84(89)68-61-54-47-39-32-27-26-29-35-42-49-56-63-76(4)5/h13-15,20,75-80,85H,8-12,16-19,21-74H2,1-7H3,(H,90,91)(H,92,93)/b14-13-,20-15-/t78-,79-,80-/m1/s1. The van der Waals surface area contributed by atoms with Gasteiger partial charge in [-0.3, -0.25) is 37.3 Å². The molecule has 17 nitrogen and oxygen atoms in total. The lowest BCUT2D eigenvalue weighted by Gasteiger charge is -2.21. The zero-order valence-electron chi connectivity index (χ0n) is 67.3. The Morgan fingerprint density at radius 1 is 0.301 bits per heavy atom. The van der Waals surface area contributed by atoms with Crippen molar-refractivity contribution in [3.05, 3.63) is 24.3 Å². The van der Waals surface area contributed by atoms with E-state index in [2.05, 4.69) is 72.8 Å². The van der Waals surface area contributed by atoms with Gasteiger partial charge in [-0.15, -0.1) is 0 Å². The van der Waals surface area contributed by atoms with E-state index in [-0.39, 0.29) is 25.7 Å². The Labute approximate surface area is 631 Å². The normalized spacial score (nSPS) is 14.1. The number of hydrogen-bond donors (Lipinski definition) is 3. The lowest BCUT2D eigenvalue weighted by Crippen LogP contribution is -2.30. The summed E-state index contributed by atoms with van der Waals surface area (Å²) >= 11 is 0. The number of unbranched alkanes of at least 4 members (excludes halogenated alkanes) is 45. The lowest BCUT2D eigenvalue weighted by molar-refractivity contribution is -0.161. The number of esters is 4. The molecule has 2 unspecified atom stereocenters. The molecule has 608 valence electrons. The van der Waals surface area contributed by atoms with Gasteiger partial charge in [-0.05, 0) is 69.1 Å². The fraction of sp³-hybridized carbons (Fsp3) is 0.905. The SMILES string of the molecule is CCCCCC/C=C\C=C/CCCCCCCC(=O)OC[C@H](COP(=O)(O)OC[C@@H](O)COP(=O)(O)OC[C@@H](COC(=O)CCCCCCCCCCCC(C)C)OC(=O)CCCCCCCCCCCCCCC(C)C)OC(=O)CCCCCCCCCCCCCCCCCCCCC(C)C. The van der Waals surface area contributed by atoms with Gasteiger partial charge in [-0.1, -0.05) is 362 Å². The molecular formula is C84H160O17P2. The van der Waals surface area contributed by atoms with Crippen LogP contribution in [0.2, 0.25) is 0 Å². The van der Waals surface area contributed by atoms with Gasteiger partial charge in [0.25, 0.3) is 0 Å². The highest BCUT2D eigenvalue weighted by Gasteiger charge is 2.30. The van der Waals surface area contributed by atoms with E-state index in [1.807, 2.05) is 0 Å². The predicted octanol–water partition coefficient (Wildman–Crippen LogP) is 24.9. The van der Waals surface area contributed by atoms with Crippen LogP contribution < -0.4 is 0 Å². The van der Waals surface area contributed by atoms with Crippen LogP contribution in [0, 0.1) is 17.8 Å². The van der Waals surface area contributed by atoms with E-state index in [4.69, 9.17) is 37.0 Å². The summed E-state index contributed by atoms with van der Waals surface area (Å²) in [5.74, 6) is 0.199. The lowest BCUT2D eigenvalue weighted by atomic mass is 10.0. The average molecular weight is 1500 g/mol. The number of carbonyl (C=O) groups excluding carboxylic acids is 4. The minimum Gasteiger partial charge on any atom is -0.462 e. The van der Waals surface area contributed by atoms with Gasteiger partial charge in [-0.25, -0.2) is 9.13 Å². The fourth-order valence-corrected chi connectivity index (χ4v) is 14.1. The molecule has 0 heterocycles. The molecule has 0 aliphatic heterocycles. The second kappa shape index (κ2) is 73.7. The number of carbonyl (C=O) groups is 4. The molecule has 0 aliphatic rings. The van der Waals surface area contributed by atoms with Crippen LogP contribution in [0.3, 0.4) is 0 Å². The largest absolute Gasteiger partial charge is 0.472 e. The third-order valence-electron chi connectivity index (χ3n) is 19.0. The van der Waals surface area contributed by atoms with Crippen molar-refractivity contribution in [2.45, 2.75) is 433 Å². The molecule has 0 aromatic heterocycles. The van der Waals surface area contributed by atoms with Crippen molar-refractivity contribution >= 4 is 39.5 Å². The molecule has 0 spiro atoms. The van der Waals surface area contributed by atoms with E-state index in [0.717, 1.165) is 127 Å². The van der Waals surface area contributed by atoms with Gasteiger partial charge in [0, 0.05) is 25.7 Å². The molecule has 0 saturated heterocycles. The number of rotatable bonds is 80. The molecule has 5 atom stereocenters. The first-order valence-corrected chi connectivity index (χ1v) is 45.7. The van der Waals surface area contributed by atoms with Crippen molar-refractivity contribution < 1.29 is 80.2 Å². The Bertz CT molecular complexity index is 2090. The first-order chi connectivity index (χ1) is 49.7. The van der Waals surface area contributed by atoms with Crippen LogP contribution >= 0.6 is 15.6 Å². The van der Waals surface area contributed by atoms with Crippen LogP contribution in [0.15, 0.2) is 24.3 Å². The van der Waals surface area contributed by atoms with Crippen molar-refractivity contribution in [2.24, 2.45) is 17.8 Å². The van der Waals surface area contributed by atoms with Crippen molar-refractivity contribution in [2.75, 3.05) is 39.6 Å². The molecule has 19 heteroatoms. The van der Waals surface area contributed by atoms with E-state index in [1.54, 1.807) is 0 Å². The molecule has 0 aliphatic carbocycles. The Balaban J connectivity index is 5.28. The minimum atomic E-state index is -4.97. The summed E-state index contributed by atoms with van der Waals surface area (Å²) in [6.45, 7) is 11.9. The number of phosphoric acid groups is 2. The highest BCUT2D eigenvalue weighted by molar-refractivity contribution is 7.47. The summed E-state index contributed by atoms with van der Waals surface area (Å²) in [7, 11) is -9.94. The molecule has 103 heavy (non-hydrogen) atoms. The Morgan fingerprint density at radius 3 is 0.786 bits per heavy atom. The number of hydrogen-bond acceptors (Lipinski definition) is 15. The molecule has 0 aromatic rings. The Hall–Kier alpha value is -2.46. The van der Waals surface area contributed by atoms with E-state index in [1.165, 1.54) is 205 Å². The van der Waals surface area contributed by atoms with Crippen LogP contribution in [0.25, 0.3) is 0 Å². The average Bonchev–Trinajstić information content (AvgIpc) is 0.906. The zero-order valence-corrected chi connectivity index (χ0v) is 69.1. The first-order valence-electron chi connectivity index (χ1n) is 42.7. The van der Waals surface area contributed by atoms with Gasteiger partial charge >= 0.3 is 39.5 Å². The van der Waals surface area contributed by atoms with E-state index >= 15 is 0 Å². The maximum Gasteiger partial charge on any atom is 0.472 e. The van der Waals surface area contributed by atoms with Gasteiger partial charge in [0.1, 0.15) is 19.3 Å². The highest BCUT2D eigenvalue weighted by atomic mass is 31.2. The van der Waals surface area contributed by atoms with Crippen LogP contribution in [0.5, 0.6) is 0 Å². The number of phosphoric ester groups is 2. The number of aliphatic hydroxyl groups excluding tert-OH is 1. The zero-order chi connectivity index (χ0) is 75.8. The second-order valence-electron chi connectivity index (χ2n) is 31.0. The second-order valence-corrected chi connectivity index (χ2v) is 33.9. The molecule has 3 N–H and O–H groups in total. The van der Waals surface area contributed by atoms with E-state index in [0.29, 0.717) is 25.7 Å². The van der Waals surface area contributed by atoms with E-state index in [9.17, 15) is 43.2 Å². The molecular weight excluding hydrogens is 1340 g/mol. The number of allylic oxidation sites excluding steroid dienone is 4. The number of aliphatic hydroxyl groups is 1. The topological polar surface area (TPSA) is 237 Å². The smallest absolute Gasteiger partial charge is 0.462 e. The monoisotopic (exact) mass is 1500 g/mol. The molecule has 0 bridgehead atoms. The maximum atomic E-state index is 13.1. The Kier molecular flexibility index (Phi) is 71.9. The maximum absolute atomic E-state index is 13.1. The third-order valence-corrected chi connectivity index (χ3v) is 20.9. The molecule has 0 amide bonds. The summed E-state index contributed by atoms with van der Waals surface area (Å²) in [4.78, 5) is 73.1. The molecule has 0 saturated carbocycles. The Morgan fingerprint density at radius 2 is 0.524 bits per heavy atom. The summed E-state index contributed by atoms with van der Waals surface area (Å²) in [6, 6.07) is 0.